The summed E-state index contributed by atoms with van der Waals surface area (Å²) in [5, 5.41) is 2.80. The summed E-state index contributed by atoms with van der Waals surface area (Å²) in [4.78, 5) is 35.1. The number of para-hydroxylation sites is 2. The maximum absolute atomic E-state index is 13.3. The molecule has 1 aliphatic carbocycles. The van der Waals surface area contributed by atoms with Crippen molar-refractivity contribution in [1.29, 1.82) is 0 Å². The molecule has 2 unspecified atom stereocenters. The zero-order valence-electron chi connectivity index (χ0n) is 20.8. The lowest BCUT2D eigenvalue weighted by atomic mass is 9.84. The summed E-state index contributed by atoms with van der Waals surface area (Å²) in [7, 11) is -3.81. The summed E-state index contributed by atoms with van der Waals surface area (Å²) in [6.07, 6.45) is 7.23. The van der Waals surface area contributed by atoms with Gasteiger partial charge in [-0.1, -0.05) is 69.4 Å². The molecule has 10 heteroatoms. The van der Waals surface area contributed by atoms with E-state index in [0.29, 0.717) is 29.9 Å². The van der Waals surface area contributed by atoms with E-state index in [4.69, 9.17) is 4.42 Å². The van der Waals surface area contributed by atoms with E-state index in [1.807, 2.05) is 0 Å². The van der Waals surface area contributed by atoms with Crippen LogP contribution in [0.25, 0.3) is 11.1 Å². The first-order valence-electron chi connectivity index (χ1n) is 12.7. The number of aliphatic imine (C=N–C) groups is 1. The minimum Gasteiger partial charge on any atom is -0.434 e. The normalized spacial score (nSPS) is 16.5. The van der Waals surface area contributed by atoms with Gasteiger partial charge in [0.2, 0.25) is 11.7 Å². The van der Waals surface area contributed by atoms with Crippen LogP contribution in [0.4, 0.5) is 0 Å². The van der Waals surface area contributed by atoms with Gasteiger partial charge in [0.05, 0.1) is 17.3 Å². The van der Waals surface area contributed by atoms with Crippen LogP contribution in [0.3, 0.4) is 0 Å². The number of hydrogen-bond acceptors (Lipinski definition) is 7. The minimum atomic E-state index is -3.81. The number of rotatable bonds is 11. The Balaban J connectivity index is 1.48. The van der Waals surface area contributed by atoms with Crippen molar-refractivity contribution in [3.63, 3.8) is 0 Å². The van der Waals surface area contributed by atoms with Gasteiger partial charge in [0.15, 0.2) is 5.58 Å². The molecule has 0 spiro atoms. The second-order valence-corrected chi connectivity index (χ2v) is 11.0. The highest BCUT2D eigenvalue weighted by atomic mass is 32.2. The highest BCUT2D eigenvalue weighted by Crippen LogP contribution is 2.28. The fourth-order valence-electron chi connectivity index (χ4n) is 4.58. The van der Waals surface area contributed by atoms with E-state index in [9.17, 15) is 18.0 Å². The Labute approximate surface area is 216 Å². The largest absolute Gasteiger partial charge is 0.434 e. The lowest BCUT2D eigenvalue weighted by Crippen LogP contribution is -2.45. The molecule has 9 nitrogen and oxygen atoms in total. The van der Waals surface area contributed by atoms with E-state index in [-0.39, 0.29) is 10.8 Å². The topological polar surface area (TPSA) is 131 Å². The third kappa shape index (κ3) is 6.82. The van der Waals surface area contributed by atoms with Crippen molar-refractivity contribution in [2.75, 3.05) is 0 Å². The Bertz CT molecular complexity index is 1310. The molecular weight excluding hydrogens is 492 g/mol. The number of ketones is 1. The van der Waals surface area contributed by atoms with Crippen molar-refractivity contribution in [2.45, 2.75) is 68.8 Å². The fraction of sp³-hybridized carbons (Fsp3) is 0.407. The molecule has 37 heavy (non-hydrogen) atoms. The van der Waals surface area contributed by atoms with Gasteiger partial charge in [0.25, 0.3) is 15.9 Å². The second kappa shape index (κ2) is 12.1. The van der Waals surface area contributed by atoms with Gasteiger partial charge in [-0.25, -0.2) is 13.4 Å². The molecule has 2 atom stereocenters. The van der Waals surface area contributed by atoms with Gasteiger partial charge in [0.1, 0.15) is 11.6 Å². The number of hydrogen-bond donors (Lipinski definition) is 2. The Morgan fingerprint density at radius 2 is 1.78 bits per heavy atom. The number of Topliss-reactive ketones (excluding diaryl/α,β-unsaturated/α-hetero) is 1. The molecular formula is C27H32N4O5S. The van der Waals surface area contributed by atoms with Crippen LogP contribution in [-0.2, 0) is 14.8 Å². The summed E-state index contributed by atoms with van der Waals surface area (Å²) >= 11 is 0. The van der Waals surface area contributed by atoms with E-state index in [0.717, 1.165) is 32.0 Å². The summed E-state index contributed by atoms with van der Waals surface area (Å²) in [5.41, 5.74) is 1.06. The average molecular weight is 525 g/mol. The van der Waals surface area contributed by atoms with Gasteiger partial charge < -0.3 is 9.73 Å². The smallest absolute Gasteiger partial charge is 0.266 e. The van der Waals surface area contributed by atoms with Crippen LogP contribution in [-0.4, -0.2) is 43.5 Å². The molecule has 1 aliphatic rings. The van der Waals surface area contributed by atoms with Crippen LogP contribution < -0.4 is 10.0 Å². The average Bonchev–Trinajstić information content (AvgIpc) is 3.36. The summed E-state index contributed by atoms with van der Waals surface area (Å²) < 4.78 is 33.0. The van der Waals surface area contributed by atoms with Gasteiger partial charge in [-0.05, 0) is 43.0 Å². The van der Waals surface area contributed by atoms with Crippen LogP contribution in [0.1, 0.15) is 62.6 Å². The molecule has 196 valence electrons. The number of carbonyl (C=O) groups excluding carboxylic acids is 2. The van der Waals surface area contributed by atoms with Gasteiger partial charge in [-0.2, -0.15) is 0 Å². The predicted molar refractivity (Wildman–Crippen MR) is 141 cm³/mol. The number of oxazole rings is 1. The van der Waals surface area contributed by atoms with E-state index in [1.165, 1.54) is 18.6 Å². The fourth-order valence-corrected chi connectivity index (χ4v) is 5.43. The molecule has 1 amide bonds. The lowest BCUT2D eigenvalue weighted by molar-refractivity contribution is -0.123. The summed E-state index contributed by atoms with van der Waals surface area (Å²) in [6.45, 7) is 1.79. The van der Waals surface area contributed by atoms with Crippen molar-refractivity contribution < 1.29 is 22.4 Å². The zero-order valence-corrected chi connectivity index (χ0v) is 21.6. The number of aromatic nitrogens is 1. The van der Waals surface area contributed by atoms with Crippen LogP contribution in [0.2, 0.25) is 0 Å². The number of carbonyl (C=O) groups is 2. The lowest BCUT2D eigenvalue weighted by Gasteiger charge is -2.25. The first kappa shape index (κ1) is 26.5. The molecule has 1 saturated carbocycles. The first-order valence-corrected chi connectivity index (χ1v) is 14.1. The van der Waals surface area contributed by atoms with Gasteiger partial charge >= 0.3 is 0 Å². The Kier molecular flexibility index (Phi) is 8.70. The molecule has 1 fully saturated rings. The van der Waals surface area contributed by atoms with Crippen LogP contribution in [0.5, 0.6) is 0 Å². The van der Waals surface area contributed by atoms with E-state index in [1.54, 1.807) is 49.4 Å². The summed E-state index contributed by atoms with van der Waals surface area (Å²) in [5.74, 6) is -0.606. The number of nitrogens with zero attached hydrogens (tertiary/aromatic N) is 2. The third-order valence-electron chi connectivity index (χ3n) is 6.65. The van der Waals surface area contributed by atoms with Crippen LogP contribution >= 0.6 is 0 Å². The highest BCUT2D eigenvalue weighted by Gasteiger charge is 2.30. The Morgan fingerprint density at radius 1 is 1.08 bits per heavy atom. The van der Waals surface area contributed by atoms with Crippen molar-refractivity contribution in [2.24, 2.45) is 10.9 Å². The van der Waals surface area contributed by atoms with Crippen LogP contribution in [0.15, 0.2) is 68.9 Å². The molecule has 0 saturated heterocycles. The quantitative estimate of drug-likeness (QED) is 0.219. The molecule has 2 aromatic carbocycles. The number of amides is 1. The van der Waals surface area contributed by atoms with Crippen molar-refractivity contribution >= 4 is 39.2 Å². The second-order valence-electron chi connectivity index (χ2n) is 9.29. The van der Waals surface area contributed by atoms with E-state index in [2.05, 4.69) is 20.0 Å². The Hall–Kier alpha value is -3.53. The van der Waals surface area contributed by atoms with Crippen molar-refractivity contribution in [3.8, 4) is 0 Å². The molecule has 2 N–H and O–H groups in total. The third-order valence-corrected chi connectivity index (χ3v) is 7.95. The van der Waals surface area contributed by atoms with Crippen molar-refractivity contribution in [3.05, 3.63) is 60.5 Å². The zero-order chi connectivity index (χ0) is 26.3. The van der Waals surface area contributed by atoms with Crippen LogP contribution in [0, 0.1) is 5.92 Å². The molecule has 1 heterocycles. The molecule has 3 aromatic rings. The van der Waals surface area contributed by atoms with Crippen molar-refractivity contribution in [1.82, 2.24) is 15.0 Å². The molecule has 0 bridgehead atoms. The van der Waals surface area contributed by atoms with Gasteiger partial charge in [-0.3, -0.25) is 19.3 Å². The molecule has 0 radical (unpaired) electrons. The molecule has 4 rings (SSSR count). The maximum Gasteiger partial charge on any atom is 0.266 e. The Morgan fingerprint density at radius 3 is 2.49 bits per heavy atom. The summed E-state index contributed by atoms with van der Waals surface area (Å²) in [6, 6.07) is 13.3. The minimum absolute atomic E-state index is 0.0590. The monoisotopic (exact) mass is 524 g/mol. The SMILES string of the molecule is CCC(NC(=O)C(CC1CCCCC1)N=CNS(=O)(=O)c1ccccc1)C(=O)c1nc2ccccc2o1. The molecule has 1 aromatic heterocycles. The maximum atomic E-state index is 13.3. The standard InChI is InChI=1S/C27H32N4O5S/c1-2-21(25(32)27-31-22-15-9-10-16-24(22)36-27)30-26(33)23(17-19-11-5-3-6-12-19)28-18-29-37(34,35)20-13-7-4-8-14-20/h4,7-10,13-16,18-19,21,23H,2-3,5-6,11-12,17H2,1H3,(H,28,29)(H,30,33). The number of nitrogens with one attached hydrogen (secondary N) is 2. The number of benzene rings is 2. The number of fused-ring (bicyclic) bond motifs is 1. The predicted octanol–water partition coefficient (Wildman–Crippen LogP) is 4.25. The molecule has 0 aliphatic heterocycles. The van der Waals surface area contributed by atoms with E-state index >= 15 is 0 Å². The van der Waals surface area contributed by atoms with Gasteiger partial charge in [0, 0.05) is 0 Å². The van der Waals surface area contributed by atoms with E-state index < -0.39 is 33.8 Å². The van der Waals surface area contributed by atoms with Gasteiger partial charge in [-0.15, -0.1) is 0 Å². The highest BCUT2D eigenvalue weighted by molar-refractivity contribution is 7.90. The first-order chi connectivity index (χ1) is 17.9. The number of sulfonamides is 1.